The van der Waals surface area contributed by atoms with Gasteiger partial charge in [0.05, 0.1) is 11.3 Å². The van der Waals surface area contributed by atoms with E-state index >= 15 is 0 Å². The predicted octanol–water partition coefficient (Wildman–Crippen LogP) is 4.79. The van der Waals surface area contributed by atoms with E-state index in [2.05, 4.69) is 31.2 Å². The number of rotatable bonds is 5. The highest BCUT2D eigenvalue weighted by molar-refractivity contribution is 9.10. The molecule has 0 atom stereocenters. The zero-order chi connectivity index (χ0) is 18.8. The molecule has 0 saturated carbocycles. The van der Waals surface area contributed by atoms with Crippen LogP contribution in [-0.2, 0) is 13.7 Å². The minimum absolute atomic E-state index is 0.451. The van der Waals surface area contributed by atoms with E-state index in [-0.39, 0.29) is 0 Å². The highest BCUT2D eigenvalue weighted by atomic mass is 79.9. The van der Waals surface area contributed by atoms with E-state index < -0.39 is 0 Å². The molecular formula is C20H17BrN4O2. The van der Waals surface area contributed by atoms with Gasteiger partial charge in [0.25, 0.3) is 5.89 Å². The Morgan fingerprint density at radius 1 is 1.07 bits per heavy atom. The maximum absolute atomic E-state index is 5.86. The van der Waals surface area contributed by atoms with Gasteiger partial charge in [-0.2, -0.15) is 5.10 Å². The number of hydrogen-bond donors (Lipinski definition) is 0. The van der Waals surface area contributed by atoms with E-state index in [1.165, 1.54) is 0 Å². The molecule has 4 rings (SSSR count). The number of ether oxygens (including phenoxy) is 1. The lowest BCUT2D eigenvalue weighted by Gasteiger charge is -2.07. The van der Waals surface area contributed by atoms with Gasteiger partial charge < -0.3 is 9.15 Å². The van der Waals surface area contributed by atoms with Crippen LogP contribution in [0.25, 0.3) is 22.9 Å². The van der Waals surface area contributed by atoms with Crippen molar-refractivity contribution in [3.63, 3.8) is 0 Å². The Balaban J connectivity index is 1.53. The van der Waals surface area contributed by atoms with Crippen LogP contribution in [0.5, 0.6) is 5.75 Å². The van der Waals surface area contributed by atoms with Crippen molar-refractivity contribution in [2.45, 2.75) is 13.5 Å². The molecule has 0 spiro atoms. The minimum atomic E-state index is 0.451. The summed E-state index contributed by atoms with van der Waals surface area (Å²) in [5.74, 6) is 1.74. The first-order chi connectivity index (χ1) is 13.1. The van der Waals surface area contributed by atoms with Crippen LogP contribution in [0, 0.1) is 6.92 Å². The van der Waals surface area contributed by atoms with Gasteiger partial charge in [0.1, 0.15) is 12.4 Å². The van der Waals surface area contributed by atoms with E-state index in [0.29, 0.717) is 18.4 Å². The van der Waals surface area contributed by atoms with Crippen molar-refractivity contribution >= 4 is 15.9 Å². The molecule has 0 aliphatic heterocycles. The van der Waals surface area contributed by atoms with Crippen molar-refractivity contribution in [3.8, 4) is 28.7 Å². The van der Waals surface area contributed by atoms with Crippen molar-refractivity contribution in [1.29, 1.82) is 0 Å². The largest absolute Gasteiger partial charge is 0.489 e. The third-order valence-electron chi connectivity index (χ3n) is 4.04. The molecule has 0 N–H and O–H groups in total. The smallest absolute Gasteiger partial charge is 0.251 e. The van der Waals surface area contributed by atoms with E-state index in [9.17, 15) is 0 Å². The zero-order valence-corrected chi connectivity index (χ0v) is 16.5. The number of halogens is 1. The standard InChI is InChI=1S/C20H17BrN4O2/c1-13-18(11-25(2)24-13)20-23-22-19(27-20)15-6-3-5-14(9-15)12-26-17-8-4-7-16(21)10-17/h3-11H,12H2,1-2H3. The Hall–Kier alpha value is -2.93. The third kappa shape index (κ3) is 3.93. The molecule has 0 amide bonds. The maximum atomic E-state index is 5.86. The molecule has 0 aliphatic rings. The van der Waals surface area contributed by atoms with Crippen LogP contribution < -0.4 is 4.74 Å². The van der Waals surface area contributed by atoms with Crippen LogP contribution in [0.2, 0.25) is 0 Å². The average Bonchev–Trinajstić information content (AvgIpc) is 3.26. The number of hydrogen-bond acceptors (Lipinski definition) is 5. The lowest BCUT2D eigenvalue weighted by molar-refractivity contribution is 0.306. The fourth-order valence-corrected chi connectivity index (χ4v) is 3.15. The van der Waals surface area contributed by atoms with Gasteiger partial charge in [-0.3, -0.25) is 4.68 Å². The van der Waals surface area contributed by atoms with Crippen LogP contribution in [0.3, 0.4) is 0 Å². The number of aryl methyl sites for hydroxylation is 2. The van der Waals surface area contributed by atoms with Gasteiger partial charge in [0.2, 0.25) is 5.89 Å². The monoisotopic (exact) mass is 424 g/mol. The molecule has 6 nitrogen and oxygen atoms in total. The summed E-state index contributed by atoms with van der Waals surface area (Å²) in [5.41, 5.74) is 3.56. The summed E-state index contributed by atoms with van der Waals surface area (Å²) in [6, 6.07) is 15.7. The Labute approximate surface area is 164 Å². The van der Waals surface area contributed by atoms with Crippen LogP contribution in [0.4, 0.5) is 0 Å². The summed E-state index contributed by atoms with van der Waals surface area (Å²) in [7, 11) is 1.86. The molecule has 0 saturated heterocycles. The molecule has 0 unspecified atom stereocenters. The van der Waals surface area contributed by atoms with Gasteiger partial charge in [-0.25, -0.2) is 0 Å². The van der Waals surface area contributed by atoms with E-state index in [1.54, 1.807) is 4.68 Å². The van der Waals surface area contributed by atoms with Crippen molar-refractivity contribution < 1.29 is 9.15 Å². The SMILES string of the molecule is Cc1nn(C)cc1-c1nnc(-c2cccc(COc3cccc(Br)c3)c2)o1. The summed E-state index contributed by atoms with van der Waals surface area (Å²) < 4.78 is 14.4. The highest BCUT2D eigenvalue weighted by Crippen LogP contribution is 2.26. The Bertz CT molecular complexity index is 1090. The molecule has 4 aromatic rings. The number of nitrogens with zero attached hydrogens (tertiary/aromatic N) is 4. The first-order valence-corrected chi connectivity index (χ1v) is 9.19. The second kappa shape index (κ2) is 7.36. The Morgan fingerprint density at radius 3 is 2.67 bits per heavy atom. The summed E-state index contributed by atoms with van der Waals surface area (Å²) in [5, 5.41) is 12.7. The van der Waals surface area contributed by atoms with Crippen LogP contribution in [-0.4, -0.2) is 20.0 Å². The average molecular weight is 425 g/mol. The highest BCUT2D eigenvalue weighted by Gasteiger charge is 2.15. The molecule has 0 fully saturated rings. The molecule has 7 heteroatoms. The van der Waals surface area contributed by atoms with E-state index in [0.717, 1.165) is 32.6 Å². The fourth-order valence-electron chi connectivity index (χ4n) is 2.78. The van der Waals surface area contributed by atoms with Gasteiger partial charge in [-0.05, 0) is 42.8 Å². The first kappa shape index (κ1) is 17.5. The molecule has 2 aromatic carbocycles. The molecule has 136 valence electrons. The van der Waals surface area contributed by atoms with Crippen molar-refractivity contribution in [3.05, 3.63) is 70.5 Å². The van der Waals surface area contributed by atoms with Gasteiger partial charge in [0, 0.05) is 23.3 Å². The molecular weight excluding hydrogens is 408 g/mol. The van der Waals surface area contributed by atoms with Crippen LogP contribution in [0.15, 0.2) is 63.6 Å². The van der Waals surface area contributed by atoms with Crippen molar-refractivity contribution in [1.82, 2.24) is 20.0 Å². The summed E-state index contributed by atoms with van der Waals surface area (Å²) in [6.07, 6.45) is 1.87. The second-order valence-corrected chi connectivity index (χ2v) is 7.08. The number of aromatic nitrogens is 4. The third-order valence-corrected chi connectivity index (χ3v) is 4.54. The van der Waals surface area contributed by atoms with E-state index in [4.69, 9.17) is 9.15 Å². The van der Waals surface area contributed by atoms with Crippen LogP contribution in [0.1, 0.15) is 11.3 Å². The molecule has 0 bridgehead atoms. The molecule has 2 heterocycles. The molecule has 2 aromatic heterocycles. The molecule has 0 radical (unpaired) electrons. The van der Waals surface area contributed by atoms with Crippen LogP contribution >= 0.6 is 15.9 Å². The van der Waals surface area contributed by atoms with Crippen molar-refractivity contribution in [2.24, 2.45) is 7.05 Å². The summed E-state index contributed by atoms with van der Waals surface area (Å²) >= 11 is 3.45. The predicted molar refractivity (Wildman–Crippen MR) is 105 cm³/mol. The van der Waals surface area contributed by atoms with E-state index in [1.807, 2.05) is 68.7 Å². The number of benzene rings is 2. The van der Waals surface area contributed by atoms with Gasteiger partial charge in [-0.15, -0.1) is 10.2 Å². The Kier molecular flexibility index (Phi) is 4.77. The normalized spacial score (nSPS) is 10.9. The quantitative estimate of drug-likeness (QED) is 0.460. The Morgan fingerprint density at radius 2 is 1.89 bits per heavy atom. The second-order valence-electron chi connectivity index (χ2n) is 6.16. The fraction of sp³-hybridized carbons (Fsp3) is 0.150. The van der Waals surface area contributed by atoms with Gasteiger partial charge in [0.15, 0.2) is 0 Å². The first-order valence-electron chi connectivity index (χ1n) is 8.40. The molecule has 27 heavy (non-hydrogen) atoms. The molecule has 0 aliphatic carbocycles. The van der Waals surface area contributed by atoms with Gasteiger partial charge >= 0.3 is 0 Å². The lowest BCUT2D eigenvalue weighted by Crippen LogP contribution is -1.95. The van der Waals surface area contributed by atoms with Gasteiger partial charge in [-0.1, -0.05) is 34.1 Å². The zero-order valence-electron chi connectivity index (χ0n) is 14.9. The minimum Gasteiger partial charge on any atom is -0.489 e. The lowest BCUT2D eigenvalue weighted by atomic mass is 10.1. The summed E-state index contributed by atoms with van der Waals surface area (Å²) in [6.45, 7) is 2.37. The summed E-state index contributed by atoms with van der Waals surface area (Å²) in [4.78, 5) is 0. The van der Waals surface area contributed by atoms with Crippen molar-refractivity contribution in [2.75, 3.05) is 0 Å². The topological polar surface area (TPSA) is 66.0 Å². The maximum Gasteiger partial charge on any atom is 0.251 e.